The van der Waals surface area contributed by atoms with Gasteiger partial charge < -0.3 is 15.0 Å². The van der Waals surface area contributed by atoms with E-state index in [1.54, 1.807) is 7.11 Å². The Balaban J connectivity index is 2.47. The van der Waals surface area contributed by atoms with Crippen LogP contribution in [-0.2, 0) is 9.53 Å². The van der Waals surface area contributed by atoms with Crippen LogP contribution in [0.25, 0.3) is 0 Å². The molecule has 0 aromatic heterocycles. The first kappa shape index (κ1) is 13.5. The molecule has 1 aliphatic rings. The molecule has 0 bridgehead atoms. The van der Waals surface area contributed by atoms with E-state index in [4.69, 9.17) is 4.74 Å². The fourth-order valence-electron chi connectivity index (χ4n) is 2.35. The van der Waals surface area contributed by atoms with Gasteiger partial charge in [-0.2, -0.15) is 0 Å². The van der Waals surface area contributed by atoms with E-state index in [1.807, 2.05) is 11.9 Å². The summed E-state index contributed by atoms with van der Waals surface area (Å²) < 4.78 is 5.00. The van der Waals surface area contributed by atoms with Crippen molar-refractivity contribution in [3.8, 4) is 0 Å². The van der Waals surface area contributed by atoms with Crippen molar-refractivity contribution < 1.29 is 9.53 Å². The summed E-state index contributed by atoms with van der Waals surface area (Å²) in [6.45, 7) is 4.53. The van der Waals surface area contributed by atoms with Crippen LogP contribution in [0.4, 0.5) is 0 Å². The van der Waals surface area contributed by atoms with E-state index in [2.05, 4.69) is 12.2 Å². The first-order valence-electron chi connectivity index (χ1n) is 6.16. The Kier molecular flexibility index (Phi) is 5.22. The van der Waals surface area contributed by atoms with Crippen LogP contribution in [0.5, 0.6) is 0 Å². The van der Waals surface area contributed by atoms with E-state index in [9.17, 15) is 4.79 Å². The Morgan fingerprint density at radius 2 is 2.31 bits per heavy atom. The average Bonchev–Trinajstić information content (AvgIpc) is 2.78. The molecule has 1 amide bonds. The van der Waals surface area contributed by atoms with Gasteiger partial charge in [0, 0.05) is 27.3 Å². The molecule has 16 heavy (non-hydrogen) atoms. The van der Waals surface area contributed by atoms with Crippen LogP contribution < -0.4 is 5.32 Å². The van der Waals surface area contributed by atoms with Gasteiger partial charge in [-0.05, 0) is 32.2 Å². The molecule has 0 spiro atoms. The van der Waals surface area contributed by atoms with Gasteiger partial charge >= 0.3 is 0 Å². The molecular weight excluding hydrogens is 204 g/mol. The largest absolute Gasteiger partial charge is 0.385 e. The quantitative estimate of drug-likeness (QED) is 0.690. The topological polar surface area (TPSA) is 41.6 Å². The number of carbonyl (C=O) groups excluding carboxylic acids is 1. The van der Waals surface area contributed by atoms with Gasteiger partial charge in [0.1, 0.15) is 0 Å². The Morgan fingerprint density at radius 3 is 2.81 bits per heavy atom. The maximum absolute atomic E-state index is 12.3. The van der Waals surface area contributed by atoms with E-state index in [1.165, 1.54) is 0 Å². The minimum Gasteiger partial charge on any atom is -0.385 e. The predicted molar refractivity (Wildman–Crippen MR) is 64.4 cm³/mol. The van der Waals surface area contributed by atoms with E-state index in [0.717, 1.165) is 38.8 Å². The summed E-state index contributed by atoms with van der Waals surface area (Å²) in [4.78, 5) is 14.1. The number of methoxy groups -OCH3 is 1. The monoisotopic (exact) mass is 228 g/mol. The van der Waals surface area contributed by atoms with Crippen molar-refractivity contribution >= 4 is 5.91 Å². The Morgan fingerprint density at radius 1 is 1.56 bits per heavy atom. The number of nitrogens with one attached hydrogen (secondary N) is 1. The van der Waals surface area contributed by atoms with Crippen molar-refractivity contribution in [2.45, 2.75) is 38.1 Å². The number of carbonyl (C=O) groups is 1. The normalized spacial score (nSPS) is 24.7. The van der Waals surface area contributed by atoms with E-state index in [0.29, 0.717) is 6.61 Å². The number of ether oxygens (including phenoxy) is 1. The molecule has 0 aliphatic carbocycles. The summed E-state index contributed by atoms with van der Waals surface area (Å²) in [6.07, 6.45) is 3.85. The molecular formula is C12H24N2O2. The van der Waals surface area contributed by atoms with Crippen LogP contribution in [0.3, 0.4) is 0 Å². The Bertz CT molecular complexity index is 225. The van der Waals surface area contributed by atoms with Gasteiger partial charge in [-0.25, -0.2) is 0 Å². The van der Waals surface area contributed by atoms with Crippen molar-refractivity contribution in [3.63, 3.8) is 0 Å². The van der Waals surface area contributed by atoms with Gasteiger partial charge in [0.15, 0.2) is 0 Å². The van der Waals surface area contributed by atoms with Gasteiger partial charge in [0.25, 0.3) is 0 Å². The summed E-state index contributed by atoms with van der Waals surface area (Å²) >= 11 is 0. The maximum atomic E-state index is 12.3. The summed E-state index contributed by atoms with van der Waals surface area (Å²) in [5.74, 6) is 0.239. The fraction of sp³-hybridized carbons (Fsp3) is 0.917. The number of rotatable bonds is 6. The molecule has 1 N–H and O–H groups in total. The molecule has 1 aliphatic heterocycles. The highest BCUT2D eigenvalue weighted by atomic mass is 16.5. The molecule has 1 saturated heterocycles. The van der Waals surface area contributed by atoms with Crippen molar-refractivity contribution in [1.82, 2.24) is 10.2 Å². The standard InChI is InChI=1S/C12H24N2O2/c1-4-12(7-5-8-13-12)11(15)14(2)9-6-10-16-3/h13H,4-10H2,1-3H3. The highest BCUT2D eigenvalue weighted by Gasteiger charge is 2.40. The van der Waals surface area contributed by atoms with Crippen LogP contribution >= 0.6 is 0 Å². The van der Waals surface area contributed by atoms with Crippen LogP contribution in [0, 0.1) is 0 Å². The minimum absolute atomic E-state index is 0.239. The van der Waals surface area contributed by atoms with Gasteiger partial charge in [-0.15, -0.1) is 0 Å². The molecule has 0 saturated carbocycles. The van der Waals surface area contributed by atoms with Gasteiger partial charge in [-0.3, -0.25) is 4.79 Å². The molecule has 1 rings (SSSR count). The highest BCUT2D eigenvalue weighted by molar-refractivity contribution is 5.86. The summed E-state index contributed by atoms with van der Waals surface area (Å²) in [5, 5.41) is 3.37. The lowest BCUT2D eigenvalue weighted by Crippen LogP contribution is -2.53. The lowest BCUT2D eigenvalue weighted by atomic mass is 9.92. The zero-order valence-electron chi connectivity index (χ0n) is 10.7. The molecule has 4 nitrogen and oxygen atoms in total. The van der Waals surface area contributed by atoms with Crippen molar-refractivity contribution in [2.24, 2.45) is 0 Å². The number of nitrogens with zero attached hydrogens (tertiary/aromatic N) is 1. The molecule has 1 unspecified atom stereocenters. The van der Waals surface area contributed by atoms with E-state index in [-0.39, 0.29) is 11.4 Å². The Hall–Kier alpha value is -0.610. The molecule has 94 valence electrons. The summed E-state index contributed by atoms with van der Waals surface area (Å²) in [6, 6.07) is 0. The number of hydrogen-bond acceptors (Lipinski definition) is 3. The lowest BCUT2D eigenvalue weighted by molar-refractivity contribution is -0.136. The first-order valence-corrected chi connectivity index (χ1v) is 6.16. The average molecular weight is 228 g/mol. The Labute approximate surface area is 98.3 Å². The third-order valence-corrected chi connectivity index (χ3v) is 3.45. The maximum Gasteiger partial charge on any atom is 0.242 e. The number of amides is 1. The van der Waals surface area contributed by atoms with Crippen molar-refractivity contribution in [3.05, 3.63) is 0 Å². The molecule has 0 aromatic carbocycles. The smallest absolute Gasteiger partial charge is 0.242 e. The van der Waals surface area contributed by atoms with Crippen molar-refractivity contribution in [2.75, 3.05) is 33.9 Å². The van der Waals surface area contributed by atoms with Gasteiger partial charge in [0.05, 0.1) is 5.54 Å². The molecule has 4 heteroatoms. The lowest BCUT2D eigenvalue weighted by Gasteiger charge is -2.31. The second-order valence-electron chi connectivity index (χ2n) is 4.54. The number of likely N-dealkylation sites (N-methyl/N-ethyl adjacent to an activating group) is 1. The molecule has 0 aromatic rings. The van der Waals surface area contributed by atoms with Gasteiger partial charge in [-0.1, -0.05) is 6.92 Å². The van der Waals surface area contributed by atoms with Crippen LogP contribution in [-0.4, -0.2) is 50.2 Å². The number of hydrogen-bond donors (Lipinski definition) is 1. The van der Waals surface area contributed by atoms with Gasteiger partial charge in [0.2, 0.25) is 5.91 Å². The third-order valence-electron chi connectivity index (χ3n) is 3.45. The first-order chi connectivity index (χ1) is 7.66. The van der Waals surface area contributed by atoms with E-state index >= 15 is 0 Å². The molecule has 0 radical (unpaired) electrons. The zero-order chi connectivity index (χ0) is 12.0. The van der Waals surface area contributed by atoms with E-state index < -0.39 is 0 Å². The molecule has 1 fully saturated rings. The second-order valence-corrected chi connectivity index (χ2v) is 4.54. The van der Waals surface area contributed by atoms with Crippen LogP contribution in [0.15, 0.2) is 0 Å². The predicted octanol–water partition coefficient (Wildman–Crippen LogP) is 1.01. The second kappa shape index (κ2) is 6.21. The SMILES string of the molecule is CCC1(C(=O)N(C)CCCOC)CCCN1. The van der Waals surface area contributed by atoms with Crippen LogP contribution in [0.1, 0.15) is 32.6 Å². The van der Waals surface area contributed by atoms with Crippen molar-refractivity contribution in [1.29, 1.82) is 0 Å². The minimum atomic E-state index is -0.290. The summed E-state index contributed by atoms with van der Waals surface area (Å²) in [7, 11) is 3.57. The third kappa shape index (κ3) is 2.95. The fourth-order valence-corrected chi connectivity index (χ4v) is 2.35. The highest BCUT2D eigenvalue weighted by Crippen LogP contribution is 2.25. The molecule has 1 atom stereocenters. The summed E-state index contributed by atoms with van der Waals surface area (Å²) in [5.41, 5.74) is -0.290. The van der Waals surface area contributed by atoms with Crippen LogP contribution in [0.2, 0.25) is 0 Å². The zero-order valence-corrected chi connectivity index (χ0v) is 10.7. The molecule has 1 heterocycles.